The number of hydrogen-bond donors (Lipinski definition) is 1. The number of rotatable bonds is 3. The van der Waals surface area contributed by atoms with Gasteiger partial charge in [-0.25, -0.2) is 0 Å². The summed E-state index contributed by atoms with van der Waals surface area (Å²) in [5.74, 6) is 2.18. The zero-order valence-electron chi connectivity index (χ0n) is 13.8. The summed E-state index contributed by atoms with van der Waals surface area (Å²) < 4.78 is 0. The molecule has 1 amide bonds. The van der Waals surface area contributed by atoms with Crippen LogP contribution in [0.4, 0.5) is 0 Å². The van der Waals surface area contributed by atoms with Gasteiger partial charge in [-0.2, -0.15) is 0 Å². The average Bonchev–Trinajstić information content (AvgIpc) is 2.37. The Labute approximate surface area is 135 Å². The molecule has 5 heteroatoms. The van der Waals surface area contributed by atoms with E-state index in [1.54, 1.807) is 0 Å². The summed E-state index contributed by atoms with van der Waals surface area (Å²) in [5, 5.41) is 0. The van der Waals surface area contributed by atoms with E-state index in [1.165, 1.54) is 19.3 Å². The summed E-state index contributed by atoms with van der Waals surface area (Å²) in [5.41, 5.74) is 5.92. The molecule has 4 atom stereocenters. The normalized spacial score (nSPS) is 34.4. The second-order valence-electron chi connectivity index (χ2n) is 7.14. The van der Waals surface area contributed by atoms with Gasteiger partial charge in [-0.3, -0.25) is 9.69 Å². The van der Waals surface area contributed by atoms with Crippen LogP contribution >= 0.6 is 12.4 Å². The SMILES string of the molecule is CC1CC(C)CN(C(=O)CN2CCCC(C)C2CN)C1.Cl. The fourth-order valence-electron chi connectivity index (χ4n) is 4.05. The van der Waals surface area contributed by atoms with Crippen molar-refractivity contribution in [2.75, 3.05) is 32.7 Å². The van der Waals surface area contributed by atoms with Gasteiger partial charge in [0.15, 0.2) is 0 Å². The lowest BCUT2D eigenvalue weighted by molar-refractivity contribution is -0.136. The van der Waals surface area contributed by atoms with Crippen molar-refractivity contribution in [3.05, 3.63) is 0 Å². The summed E-state index contributed by atoms with van der Waals surface area (Å²) in [4.78, 5) is 17.0. The number of carbonyl (C=O) groups is 1. The molecule has 2 heterocycles. The summed E-state index contributed by atoms with van der Waals surface area (Å²) in [6.45, 7) is 10.9. The zero-order chi connectivity index (χ0) is 14.7. The molecule has 4 nitrogen and oxygen atoms in total. The van der Waals surface area contributed by atoms with Crippen LogP contribution in [0, 0.1) is 17.8 Å². The highest BCUT2D eigenvalue weighted by Crippen LogP contribution is 2.24. The van der Waals surface area contributed by atoms with Gasteiger partial charge < -0.3 is 10.6 Å². The number of amides is 1. The number of piperidine rings is 2. The number of carbonyl (C=O) groups excluding carboxylic acids is 1. The molecule has 124 valence electrons. The van der Waals surface area contributed by atoms with Crippen molar-refractivity contribution in [2.45, 2.75) is 46.1 Å². The van der Waals surface area contributed by atoms with Crippen LogP contribution in [-0.4, -0.2) is 54.5 Å². The number of nitrogens with zero attached hydrogens (tertiary/aromatic N) is 2. The smallest absolute Gasteiger partial charge is 0.236 e. The largest absolute Gasteiger partial charge is 0.341 e. The van der Waals surface area contributed by atoms with Gasteiger partial charge in [0.1, 0.15) is 0 Å². The number of nitrogens with two attached hydrogens (primary N) is 1. The molecule has 0 aliphatic carbocycles. The standard InChI is InChI=1S/C16H31N3O.ClH/c1-12-7-13(2)10-19(9-12)16(20)11-18-6-4-5-14(3)15(18)8-17;/h12-15H,4-11,17H2,1-3H3;1H. The van der Waals surface area contributed by atoms with E-state index < -0.39 is 0 Å². The zero-order valence-corrected chi connectivity index (χ0v) is 14.6. The molecule has 2 fully saturated rings. The first-order valence-electron chi connectivity index (χ1n) is 8.23. The highest BCUT2D eigenvalue weighted by Gasteiger charge is 2.31. The van der Waals surface area contributed by atoms with E-state index in [0.29, 0.717) is 42.8 Å². The molecule has 0 aromatic heterocycles. The Balaban J connectivity index is 0.00000220. The molecule has 2 rings (SSSR count). The third-order valence-electron chi connectivity index (χ3n) is 5.03. The molecule has 0 bridgehead atoms. The van der Waals surface area contributed by atoms with Crippen LogP contribution in [0.5, 0.6) is 0 Å². The molecule has 2 saturated heterocycles. The Kier molecular flexibility index (Phi) is 7.45. The minimum absolute atomic E-state index is 0. The van der Waals surface area contributed by atoms with Gasteiger partial charge in [0.2, 0.25) is 5.91 Å². The molecule has 0 spiro atoms. The van der Waals surface area contributed by atoms with Crippen molar-refractivity contribution in [1.82, 2.24) is 9.80 Å². The third kappa shape index (κ3) is 4.83. The maximum atomic E-state index is 12.6. The molecule has 0 aromatic rings. The molecular formula is C16H32ClN3O. The summed E-state index contributed by atoms with van der Waals surface area (Å²) in [6, 6.07) is 0.382. The molecule has 2 aliphatic heterocycles. The van der Waals surface area contributed by atoms with Crippen LogP contribution in [0.15, 0.2) is 0 Å². The van der Waals surface area contributed by atoms with Gasteiger partial charge in [0.25, 0.3) is 0 Å². The van der Waals surface area contributed by atoms with E-state index in [0.717, 1.165) is 19.6 Å². The topological polar surface area (TPSA) is 49.6 Å². The Morgan fingerprint density at radius 3 is 2.38 bits per heavy atom. The van der Waals surface area contributed by atoms with Gasteiger partial charge in [-0.05, 0) is 43.6 Å². The van der Waals surface area contributed by atoms with Gasteiger partial charge in [0, 0.05) is 25.7 Å². The average molecular weight is 318 g/mol. The lowest BCUT2D eigenvalue weighted by Gasteiger charge is -2.41. The monoisotopic (exact) mass is 317 g/mol. The van der Waals surface area contributed by atoms with Crippen molar-refractivity contribution >= 4 is 18.3 Å². The van der Waals surface area contributed by atoms with Crippen molar-refractivity contribution in [1.29, 1.82) is 0 Å². The molecular weight excluding hydrogens is 286 g/mol. The maximum absolute atomic E-state index is 12.6. The first-order valence-corrected chi connectivity index (χ1v) is 8.23. The van der Waals surface area contributed by atoms with Crippen LogP contribution in [0.2, 0.25) is 0 Å². The van der Waals surface area contributed by atoms with Gasteiger partial charge in [-0.1, -0.05) is 20.8 Å². The van der Waals surface area contributed by atoms with E-state index in [1.807, 2.05) is 0 Å². The lowest BCUT2D eigenvalue weighted by Crippen LogP contribution is -2.54. The molecule has 4 unspecified atom stereocenters. The van der Waals surface area contributed by atoms with Crippen molar-refractivity contribution in [3.63, 3.8) is 0 Å². The maximum Gasteiger partial charge on any atom is 0.236 e. The highest BCUT2D eigenvalue weighted by molar-refractivity contribution is 5.85. The molecule has 2 aliphatic rings. The van der Waals surface area contributed by atoms with E-state index in [9.17, 15) is 4.79 Å². The Morgan fingerprint density at radius 2 is 1.81 bits per heavy atom. The van der Waals surface area contributed by atoms with Crippen molar-refractivity contribution in [3.8, 4) is 0 Å². The third-order valence-corrected chi connectivity index (χ3v) is 5.03. The predicted molar refractivity (Wildman–Crippen MR) is 89.6 cm³/mol. The Bertz CT molecular complexity index is 329. The quantitative estimate of drug-likeness (QED) is 0.866. The highest BCUT2D eigenvalue weighted by atomic mass is 35.5. The molecule has 0 aromatic carbocycles. The van der Waals surface area contributed by atoms with Gasteiger partial charge in [-0.15, -0.1) is 12.4 Å². The number of hydrogen-bond acceptors (Lipinski definition) is 3. The summed E-state index contributed by atoms with van der Waals surface area (Å²) >= 11 is 0. The van der Waals surface area contributed by atoms with Crippen molar-refractivity contribution < 1.29 is 4.79 Å². The van der Waals surface area contributed by atoms with Crippen LogP contribution in [-0.2, 0) is 4.79 Å². The van der Waals surface area contributed by atoms with Gasteiger partial charge >= 0.3 is 0 Å². The van der Waals surface area contributed by atoms with E-state index in [4.69, 9.17) is 5.73 Å². The molecule has 0 radical (unpaired) electrons. The first kappa shape index (κ1) is 18.7. The minimum atomic E-state index is 0. The second-order valence-corrected chi connectivity index (χ2v) is 7.14. The fraction of sp³-hybridized carbons (Fsp3) is 0.938. The predicted octanol–water partition coefficient (Wildman–Crippen LogP) is 1.97. The molecule has 2 N–H and O–H groups in total. The van der Waals surface area contributed by atoms with Crippen LogP contribution < -0.4 is 5.73 Å². The molecule has 0 saturated carbocycles. The van der Waals surface area contributed by atoms with Crippen molar-refractivity contribution in [2.24, 2.45) is 23.5 Å². The minimum Gasteiger partial charge on any atom is -0.341 e. The fourth-order valence-corrected chi connectivity index (χ4v) is 4.05. The van der Waals surface area contributed by atoms with E-state index in [2.05, 4.69) is 30.6 Å². The Hall–Kier alpha value is -0.320. The van der Waals surface area contributed by atoms with Crippen LogP contribution in [0.3, 0.4) is 0 Å². The van der Waals surface area contributed by atoms with Crippen LogP contribution in [0.25, 0.3) is 0 Å². The van der Waals surface area contributed by atoms with Gasteiger partial charge in [0.05, 0.1) is 6.54 Å². The Morgan fingerprint density at radius 1 is 1.19 bits per heavy atom. The summed E-state index contributed by atoms with van der Waals surface area (Å²) in [7, 11) is 0. The second kappa shape index (κ2) is 8.35. The lowest BCUT2D eigenvalue weighted by atomic mass is 9.90. The van der Waals surface area contributed by atoms with E-state index >= 15 is 0 Å². The number of likely N-dealkylation sites (tertiary alicyclic amines) is 2. The first-order chi connectivity index (χ1) is 9.51. The van der Waals surface area contributed by atoms with E-state index in [-0.39, 0.29) is 12.4 Å². The number of halogens is 1. The van der Waals surface area contributed by atoms with Crippen LogP contribution in [0.1, 0.15) is 40.0 Å². The summed E-state index contributed by atoms with van der Waals surface area (Å²) in [6.07, 6.45) is 3.68. The molecule has 21 heavy (non-hydrogen) atoms.